The highest BCUT2D eigenvalue weighted by Crippen LogP contribution is 2.38. The van der Waals surface area contributed by atoms with Gasteiger partial charge >= 0.3 is 0 Å². The largest absolute Gasteiger partial charge is 0.403 e. The molecule has 5 nitrogen and oxygen atoms in total. The molecule has 0 spiro atoms. The Hall–Kier alpha value is -3.52. The van der Waals surface area contributed by atoms with E-state index in [-0.39, 0.29) is 20.6 Å². The van der Waals surface area contributed by atoms with Gasteiger partial charge in [-0.15, -0.1) is 0 Å². The highest BCUT2D eigenvalue weighted by atomic mass is 35.5. The number of carbonyl (C=O) groups excluding carboxylic acids is 1. The predicted octanol–water partition coefficient (Wildman–Crippen LogP) is 8.02. The minimum atomic E-state index is -2.82. The van der Waals surface area contributed by atoms with Crippen LogP contribution in [0.1, 0.15) is 42.3 Å². The Morgan fingerprint density at radius 1 is 0.814 bits per heavy atom. The maximum Gasteiger partial charge on any atom is 0.261 e. The number of methoxy groups -OCH3 is 1. The number of hydrogen-bond acceptors (Lipinski definition) is 4. The van der Waals surface area contributed by atoms with Crippen molar-refractivity contribution in [1.29, 1.82) is 0 Å². The number of anilines is 1. The van der Waals surface area contributed by atoms with Crippen LogP contribution in [0.3, 0.4) is 0 Å². The molecular formula is C35H34Cl2N2O3Si. The maximum absolute atomic E-state index is 13.3. The number of nitrogens with zero attached hydrogens (tertiary/aromatic N) is 1. The van der Waals surface area contributed by atoms with E-state index in [1.807, 2.05) is 30.3 Å². The van der Waals surface area contributed by atoms with Crippen molar-refractivity contribution in [3.05, 3.63) is 130 Å². The molecule has 0 aliphatic heterocycles. The molecule has 5 aromatic rings. The molecule has 0 aliphatic rings. The highest BCUT2D eigenvalue weighted by molar-refractivity contribution is 6.99. The number of para-hydroxylation sites is 1. The summed E-state index contributed by atoms with van der Waals surface area (Å²) in [4.78, 5) is 18.0. The Kier molecular flexibility index (Phi) is 9.35. The topological polar surface area (TPSA) is 60.5 Å². The summed E-state index contributed by atoms with van der Waals surface area (Å²) in [6, 6.07) is 31.8. The lowest BCUT2D eigenvalue weighted by atomic mass is 10.0. The zero-order valence-corrected chi connectivity index (χ0v) is 27.2. The molecule has 220 valence electrons. The van der Waals surface area contributed by atoms with Crippen LogP contribution in [0.25, 0.3) is 10.9 Å². The second-order valence-corrected chi connectivity index (χ2v) is 16.5. The molecule has 1 heterocycles. The fraction of sp³-hybridized carbons (Fsp3) is 0.200. The summed E-state index contributed by atoms with van der Waals surface area (Å²) in [6.45, 7) is 7.47. The summed E-state index contributed by atoms with van der Waals surface area (Å²) in [5.74, 6) is -0.406. The fourth-order valence-electron chi connectivity index (χ4n) is 5.71. The molecule has 8 heteroatoms. The van der Waals surface area contributed by atoms with Crippen molar-refractivity contribution in [3.63, 3.8) is 0 Å². The van der Waals surface area contributed by atoms with E-state index < -0.39 is 14.2 Å². The Bertz CT molecular complexity index is 1680. The van der Waals surface area contributed by atoms with Gasteiger partial charge in [-0.2, -0.15) is 0 Å². The van der Waals surface area contributed by atoms with Gasteiger partial charge in [-0.25, -0.2) is 0 Å². The zero-order valence-electron chi connectivity index (χ0n) is 24.7. The van der Waals surface area contributed by atoms with Crippen molar-refractivity contribution < 1.29 is 14.0 Å². The molecule has 1 aromatic heterocycles. The summed E-state index contributed by atoms with van der Waals surface area (Å²) in [6.07, 6.45) is 1.80. The van der Waals surface area contributed by atoms with Gasteiger partial charge in [0.1, 0.15) is 0 Å². The van der Waals surface area contributed by atoms with Crippen LogP contribution in [0.5, 0.6) is 0 Å². The lowest BCUT2D eigenvalue weighted by molar-refractivity contribution is 0.102. The number of benzene rings is 4. The van der Waals surface area contributed by atoms with Gasteiger partial charge in [0.25, 0.3) is 14.2 Å². The van der Waals surface area contributed by atoms with Gasteiger partial charge in [-0.05, 0) is 39.2 Å². The van der Waals surface area contributed by atoms with E-state index in [0.717, 1.165) is 16.5 Å². The van der Waals surface area contributed by atoms with E-state index in [9.17, 15) is 4.79 Å². The number of hydrogen-bond donors (Lipinski definition) is 1. The first-order valence-electron chi connectivity index (χ1n) is 14.1. The van der Waals surface area contributed by atoms with E-state index in [1.54, 1.807) is 31.5 Å². The molecule has 0 aliphatic carbocycles. The van der Waals surface area contributed by atoms with E-state index in [4.69, 9.17) is 37.3 Å². The van der Waals surface area contributed by atoms with Crippen LogP contribution < -0.4 is 15.7 Å². The van der Waals surface area contributed by atoms with E-state index in [0.29, 0.717) is 24.4 Å². The standard InChI is InChI=1S/C35H34Cl2N2O3Si/c1-35(2,3)43(25-13-7-5-8-14-25,26-15-9-6-10-16-26)42-23-28-24(22-41-4)21-38-33-27(28)17-11-20-31(33)39-34(40)32-29(36)18-12-19-30(32)37/h5-21H,22-23H2,1-4H3,(H,39,40). The summed E-state index contributed by atoms with van der Waals surface area (Å²) in [5.41, 5.74) is 3.29. The van der Waals surface area contributed by atoms with E-state index in [1.165, 1.54) is 10.4 Å². The summed E-state index contributed by atoms with van der Waals surface area (Å²) in [7, 11) is -1.15. The molecule has 1 amide bonds. The molecular weight excluding hydrogens is 595 g/mol. The van der Waals surface area contributed by atoms with Crippen molar-refractivity contribution in [3.8, 4) is 0 Å². The minimum Gasteiger partial charge on any atom is -0.403 e. The quantitative estimate of drug-likeness (QED) is 0.168. The van der Waals surface area contributed by atoms with Crippen LogP contribution >= 0.6 is 23.2 Å². The second kappa shape index (κ2) is 13.0. The number of ether oxygens (including phenoxy) is 1. The average Bonchev–Trinajstić information content (AvgIpc) is 2.99. The monoisotopic (exact) mass is 628 g/mol. The summed E-state index contributed by atoms with van der Waals surface area (Å²) >= 11 is 12.6. The van der Waals surface area contributed by atoms with Gasteiger partial charge < -0.3 is 14.5 Å². The van der Waals surface area contributed by atoms with Gasteiger partial charge in [-0.3, -0.25) is 9.78 Å². The number of aromatic nitrogens is 1. The lowest BCUT2D eigenvalue weighted by Gasteiger charge is -2.43. The third-order valence-electron chi connectivity index (χ3n) is 7.69. The first-order chi connectivity index (χ1) is 20.7. The molecule has 0 fully saturated rings. The van der Waals surface area contributed by atoms with Crippen molar-refractivity contribution in [2.45, 2.75) is 39.0 Å². The van der Waals surface area contributed by atoms with Gasteiger partial charge in [0.15, 0.2) is 0 Å². The number of halogens is 2. The summed E-state index contributed by atoms with van der Waals surface area (Å²) in [5, 5.41) is 6.61. The number of pyridine rings is 1. The number of nitrogens with one attached hydrogen (secondary N) is 1. The molecule has 5 rings (SSSR count). The van der Waals surface area contributed by atoms with Crippen molar-refractivity contribution in [2.75, 3.05) is 12.4 Å². The van der Waals surface area contributed by atoms with Crippen LogP contribution in [-0.2, 0) is 22.4 Å². The summed E-state index contributed by atoms with van der Waals surface area (Å²) < 4.78 is 12.9. The Morgan fingerprint density at radius 2 is 1.40 bits per heavy atom. The first kappa shape index (κ1) is 30.9. The first-order valence-corrected chi connectivity index (χ1v) is 16.7. The van der Waals surface area contributed by atoms with Crippen LogP contribution in [0, 0.1) is 0 Å². The third kappa shape index (κ3) is 6.12. The number of rotatable bonds is 9. The Morgan fingerprint density at radius 3 is 1.95 bits per heavy atom. The smallest absolute Gasteiger partial charge is 0.261 e. The van der Waals surface area contributed by atoms with Crippen LogP contribution in [0.2, 0.25) is 15.1 Å². The van der Waals surface area contributed by atoms with Crippen LogP contribution in [-0.4, -0.2) is 26.3 Å². The number of carbonyl (C=O) groups is 1. The molecule has 0 bridgehead atoms. The van der Waals surface area contributed by atoms with Crippen molar-refractivity contribution >= 4 is 64.4 Å². The number of amides is 1. The Balaban J connectivity index is 1.62. The molecule has 0 atom stereocenters. The van der Waals surface area contributed by atoms with E-state index in [2.05, 4.69) is 74.6 Å². The van der Waals surface area contributed by atoms with Crippen LogP contribution in [0.15, 0.2) is 103 Å². The molecule has 0 saturated carbocycles. The minimum absolute atomic E-state index is 0.187. The second-order valence-electron chi connectivity index (χ2n) is 11.4. The average molecular weight is 630 g/mol. The highest BCUT2D eigenvalue weighted by Gasteiger charge is 2.50. The van der Waals surface area contributed by atoms with Crippen molar-refractivity contribution in [2.24, 2.45) is 0 Å². The fourth-order valence-corrected chi connectivity index (χ4v) is 10.8. The SMILES string of the molecule is COCc1cnc2c(NC(=O)c3c(Cl)cccc3Cl)cccc2c1CO[Si](c1ccccc1)(c1ccccc1)C(C)(C)C. The third-order valence-corrected chi connectivity index (χ3v) is 13.3. The molecule has 0 radical (unpaired) electrons. The zero-order chi connectivity index (χ0) is 30.6. The van der Waals surface area contributed by atoms with E-state index >= 15 is 0 Å². The molecule has 4 aromatic carbocycles. The molecule has 0 unspecified atom stereocenters. The van der Waals surface area contributed by atoms with Gasteiger partial charge in [0, 0.05) is 24.3 Å². The number of fused-ring (bicyclic) bond motifs is 1. The lowest BCUT2D eigenvalue weighted by Crippen LogP contribution is -2.66. The van der Waals surface area contributed by atoms with Crippen molar-refractivity contribution in [1.82, 2.24) is 4.98 Å². The molecule has 43 heavy (non-hydrogen) atoms. The maximum atomic E-state index is 13.3. The van der Waals surface area contributed by atoms with Gasteiger partial charge in [0.05, 0.1) is 40.0 Å². The molecule has 1 N–H and O–H groups in total. The van der Waals surface area contributed by atoms with Gasteiger partial charge in [0.2, 0.25) is 0 Å². The Labute approximate surface area is 263 Å². The normalized spacial score (nSPS) is 12.0. The molecule has 0 saturated heterocycles. The predicted molar refractivity (Wildman–Crippen MR) is 179 cm³/mol. The van der Waals surface area contributed by atoms with Crippen LogP contribution in [0.4, 0.5) is 5.69 Å². The van der Waals surface area contributed by atoms with Gasteiger partial charge in [-0.1, -0.05) is 123 Å².